The van der Waals surface area contributed by atoms with Crippen molar-refractivity contribution in [2.75, 3.05) is 11.9 Å². The minimum atomic E-state index is 0.102. The molecule has 0 spiro atoms. The number of rotatable bonds is 5. The second-order valence-corrected chi connectivity index (χ2v) is 5.93. The van der Waals surface area contributed by atoms with Gasteiger partial charge in [0, 0.05) is 31.1 Å². The van der Waals surface area contributed by atoms with Crippen LogP contribution in [0.2, 0.25) is 0 Å². The molecule has 1 atom stereocenters. The Morgan fingerprint density at radius 3 is 3.10 bits per heavy atom. The number of aromatic nitrogens is 2. The van der Waals surface area contributed by atoms with Gasteiger partial charge in [-0.15, -0.1) is 11.3 Å². The molecule has 3 aromatic heterocycles. The number of hydrogen-bond donors (Lipinski definition) is 1. The van der Waals surface area contributed by atoms with E-state index < -0.39 is 0 Å². The molecule has 0 aliphatic heterocycles. The van der Waals surface area contributed by atoms with Crippen molar-refractivity contribution in [3.63, 3.8) is 0 Å². The van der Waals surface area contributed by atoms with Crippen LogP contribution < -0.4 is 10.6 Å². The number of anilines is 1. The van der Waals surface area contributed by atoms with Crippen molar-refractivity contribution in [1.29, 1.82) is 0 Å². The molecule has 0 radical (unpaired) electrons. The van der Waals surface area contributed by atoms with Crippen molar-refractivity contribution in [1.82, 2.24) is 9.38 Å². The number of nitrogens with two attached hydrogens (primary N) is 1. The van der Waals surface area contributed by atoms with Crippen LogP contribution in [0.4, 0.5) is 5.82 Å². The summed E-state index contributed by atoms with van der Waals surface area (Å²) in [5, 5.41) is 2.04. The summed E-state index contributed by atoms with van der Waals surface area (Å²) in [5.41, 5.74) is 7.13. The van der Waals surface area contributed by atoms with Crippen LogP contribution in [-0.2, 0) is 13.0 Å². The number of nitrogens with zero attached hydrogens (tertiary/aromatic N) is 3. The molecule has 0 aliphatic rings. The first kappa shape index (κ1) is 13.2. The Kier molecular flexibility index (Phi) is 3.50. The second kappa shape index (κ2) is 5.30. The molecule has 3 rings (SSSR count). The van der Waals surface area contributed by atoms with Gasteiger partial charge in [0.1, 0.15) is 5.76 Å². The lowest BCUT2D eigenvalue weighted by Gasteiger charge is -2.17. The summed E-state index contributed by atoms with van der Waals surface area (Å²) < 4.78 is 7.53. The fourth-order valence-electron chi connectivity index (χ4n) is 2.33. The minimum absolute atomic E-state index is 0.102. The van der Waals surface area contributed by atoms with E-state index in [1.165, 1.54) is 0 Å². The average Bonchev–Trinajstić information content (AvgIpc) is 3.06. The molecular weight excluding hydrogens is 272 g/mol. The highest BCUT2D eigenvalue weighted by Crippen LogP contribution is 2.26. The minimum Gasteiger partial charge on any atom is -0.467 e. The first-order valence-electron chi connectivity index (χ1n) is 6.58. The van der Waals surface area contributed by atoms with Crippen LogP contribution in [0.15, 0.2) is 34.4 Å². The number of thiazole rings is 1. The van der Waals surface area contributed by atoms with Crippen molar-refractivity contribution >= 4 is 22.1 Å². The lowest BCUT2D eigenvalue weighted by atomic mass is 10.2. The quantitative estimate of drug-likeness (QED) is 0.784. The van der Waals surface area contributed by atoms with Gasteiger partial charge in [-0.1, -0.05) is 0 Å². The van der Waals surface area contributed by atoms with Crippen LogP contribution in [0, 0.1) is 0 Å². The fourth-order valence-corrected chi connectivity index (χ4v) is 3.06. The molecule has 20 heavy (non-hydrogen) atoms. The molecular formula is C14H18N4OS. The van der Waals surface area contributed by atoms with Crippen LogP contribution in [0.1, 0.15) is 18.4 Å². The van der Waals surface area contributed by atoms with Crippen LogP contribution in [0.3, 0.4) is 0 Å². The maximum atomic E-state index is 5.97. The molecule has 0 fully saturated rings. The van der Waals surface area contributed by atoms with E-state index in [9.17, 15) is 0 Å². The first-order valence-corrected chi connectivity index (χ1v) is 7.46. The number of furan rings is 1. The largest absolute Gasteiger partial charge is 0.467 e. The van der Waals surface area contributed by atoms with E-state index in [0.717, 1.165) is 28.7 Å². The molecule has 106 valence electrons. The summed E-state index contributed by atoms with van der Waals surface area (Å²) in [5.74, 6) is 1.90. The first-order chi connectivity index (χ1) is 9.65. The van der Waals surface area contributed by atoms with Crippen LogP contribution in [0.25, 0.3) is 4.96 Å². The van der Waals surface area contributed by atoms with Crippen molar-refractivity contribution in [3.05, 3.63) is 41.4 Å². The van der Waals surface area contributed by atoms with Crippen LogP contribution in [0.5, 0.6) is 0 Å². The van der Waals surface area contributed by atoms with Gasteiger partial charge >= 0.3 is 0 Å². The van der Waals surface area contributed by atoms with E-state index >= 15 is 0 Å². The molecule has 1 unspecified atom stereocenters. The van der Waals surface area contributed by atoms with Gasteiger partial charge in [-0.05, 0) is 19.1 Å². The Hall–Kier alpha value is -1.79. The summed E-state index contributed by atoms with van der Waals surface area (Å²) in [6, 6.07) is 3.98. The Labute approximate surface area is 121 Å². The third kappa shape index (κ3) is 2.44. The highest BCUT2D eigenvalue weighted by molar-refractivity contribution is 7.15. The third-order valence-electron chi connectivity index (χ3n) is 3.19. The molecule has 2 N–H and O–H groups in total. The maximum absolute atomic E-state index is 5.97. The summed E-state index contributed by atoms with van der Waals surface area (Å²) >= 11 is 1.64. The molecule has 5 nitrogen and oxygen atoms in total. The monoisotopic (exact) mass is 290 g/mol. The van der Waals surface area contributed by atoms with Crippen molar-refractivity contribution in [3.8, 4) is 0 Å². The van der Waals surface area contributed by atoms with E-state index in [1.807, 2.05) is 31.5 Å². The SMILES string of the molecule is CC(N)Cc1c(N(C)Cc2ccco2)nc2sccn12. The van der Waals surface area contributed by atoms with Crippen molar-refractivity contribution in [2.45, 2.75) is 25.9 Å². The zero-order valence-corrected chi connectivity index (χ0v) is 12.4. The van der Waals surface area contributed by atoms with E-state index in [-0.39, 0.29) is 6.04 Å². The highest BCUT2D eigenvalue weighted by atomic mass is 32.1. The fraction of sp³-hybridized carbons (Fsp3) is 0.357. The van der Waals surface area contributed by atoms with Gasteiger partial charge in [-0.3, -0.25) is 4.40 Å². The summed E-state index contributed by atoms with van der Waals surface area (Å²) in [6.45, 7) is 2.71. The molecule has 3 aromatic rings. The molecule has 0 aliphatic carbocycles. The molecule has 0 aromatic carbocycles. The molecule has 0 amide bonds. The lowest BCUT2D eigenvalue weighted by molar-refractivity contribution is 0.506. The Balaban J connectivity index is 1.94. The number of hydrogen-bond acceptors (Lipinski definition) is 5. The number of fused-ring (bicyclic) bond motifs is 1. The van der Waals surface area contributed by atoms with Gasteiger partial charge in [0.2, 0.25) is 0 Å². The zero-order valence-electron chi connectivity index (χ0n) is 11.6. The van der Waals surface area contributed by atoms with Crippen LogP contribution >= 0.6 is 11.3 Å². The van der Waals surface area contributed by atoms with Gasteiger partial charge < -0.3 is 15.1 Å². The van der Waals surface area contributed by atoms with Gasteiger partial charge in [-0.25, -0.2) is 4.98 Å². The van der Waals surface area contributed by atoms with E-state index in [1.54, 1.807) is 17.6 Å². The van der Waals surface area contributed by atoms with Gasteiger partial charge in [0.25, 0.3) is 0 Å². The molecule has 0 saturated carbocycles. The van der Waals surface area contributed by atoms with Crippen LogP contribution in [-0.4, -0.2) is 22.5 Å². The summed E-state index contributed by atoms with van der Waals surface area (Å²) in [4.78, 5) is 7.83. The van der Waals surface area contributed by atoms with E-state index in [4.69, 9.17) is 15.1 Å². The maximum Gasteiger partial charge on any atom is 0.195 e. The third-order valence-corrected chi connectivity index (χ3v) is 3.95. The highest BCUT2D eigenvalue weighted by Gasteiger charge is 2.18. The van der Waals surface area contributed by atoms with E-state index in [0.29, 0.717) is 6.54 Å². The van der Waals surface area contributed by atoms with Crippen molar-refractivity contribution in [2.24, 2.45) is 5.73 Å². The summed E-state index contributed by atoms with van der Waals surface area (Å²) in [6.07, 6.45) is 4.54. The van der Waals surface area contributed by atoms with Crippen molar-refractivity contribution < 1.29 is 4.42 Å². The molecule has 0 bridgehead atoms. The average molecular weight is 290 g/mol. The smallest absolute Gasteiger partial charge is 0.195 e. The normalized spacial score (nSPS) is 12.9. The second-order valence-electron chi connectivity index (χ2n) is 5.05. The zero-order chi connectivity index (χ0) is 14.1. The predicted octanol–water partition coefficient (Wildman–Crippen LogP) is 2.51. The molecule has 6 heteroatoms. The van der Waals surface area contributed by atoms with Gasteiger partial charge in [0.15, 0.2) is 10.8 Å². The predicted molar refractivity (Wildman–Crippen MR) is 81.2 cm³/mol. The number of imidazole rings is 1. The Morgan fingerprint density at radius 2 is 2.40 bits per heavy atom. The Bertz CT molecular complexity index is 683. The molecule has 0 saturated heterocycles. The Morgan fingerprint density at radius 1 is 1.55 bits per heavy atom. The van der Waals surface area contributed by atoms with Gasteiger partial charge in [-0.2, -0.15) is 0 Å². The van der Waals surface area contributed by atoms with E-state index in [2.05, 4.69) is 15.5 Å². The standard InChI is InChI=1S/C14H18N4OS/c1-10(15)8-12-13(16-14-18(12)5-7-20-14)17(2)9-11-4-3-6-19-11/h3-7,10H,8-9,15H2,1-2H3. The molecule has 3 heterocycles. The lowest BCUT2D eigenvalue weighted by Crippen LogP contribution is -2.23. The summed E-state index contributed by atoms with van der Waals surface area (Å²) in [7, 11) is 2.03. The van der Waals surface area contributed by atoms with Gasteiger partial charge in [0.05, 0.1) is 18.5 Å². The topological polar surface area (TPSA) is 59.7 Å².